The third-order valence-corrected chi connectivity index (χ3v) is 1.72. The summed E-state index contributed by atoms with van der Waals surface area (Å²) in [7, 11) is 0. The van der Waals surface area contributed by atoms with Crippen LogP contribution in [0.25, 0.3) is 0 Å². The molecule has 0 unspecified atom stereocenters. The van der Waals surface area contributed by atoms with Crippen LogP contribution in [0.3, 0.4) is 0 Å². The fourth-order valence-electron chi connectivity index (χ4n) is 0.881. The van der Waals surface area contributed by atoms with Crippen LogP contribution in [-0.2, 0) is 6.54 Å². The predicted octanol–water partition coefficient (Wildman–Crippen LogP) is 2.48. The Balaban J connectivity index is 0.00000144. The molecule has 0 saturated carbocycles. The van der Waals surface area contributed by atoms with Crippen molar-refractivity contribution in [3.63, 3.8) is 0 Å². The minimum absolute atomic E-state index is 0. The summed E-state index contributed by atoms with van der Waals surface area (Å²) in [6.45, 7) is 1.39. The molecule has 0 aliphatic rings. The van der Waals surface area contributed by atoms with Gasteiger partial charge in [0.05, 0.1) is 6.54 Å². The lowest BCUT2D eigenvalue weighted by atomic mass is 10.2. The van der Waals surface area contributed by atoms with Gasteiger partial charge in [0.2, 0.25) is 0 Å². The number of terminal acetylenes is 1. The maximum absolute atomic E-state index is 5.72. The molecule has 70 valence electrons. The molecule has 0 amide bonds. The summed E-state index contributed by atoms with van der Waals surface area (Å²) >= 11 is 5.72. The zero-order valence-corrected chi connectivity index (χ0v) is 8.66. The number of nitrogens with one attached hydrogen (secondary N) is 1. The minimum atomic E-state index is 0. The van der Waals surface area contributed by atoms with Gasteiger partial charge in [-0.05, 0) is 17.7 Å². The molecular formula is C10H11Cl2N. The van der Waals surface area contributed by atoms with Crippen molar-refractivity contribution in [2.75, 3.05) is 6.54 Å². The lowest BCUT2D eigenvalue weighted by Gasteiger charge is -2.00. The van der Waals surface area contributed by atoms with Gasteiger partial charge < -0.3 is 5.32 Å². The van der Waals surface area contributed by atoms with Crippen molar-refractivity contribution in [2.45, 2.75) is 6.54 Å². The molecule has 0 aromatic heterocycles. The monoisotopic (exact) mass is 215 g/mol. The summed E-state index contributed by atoms with van der Waals surface area (Å²) in [5, 5.41) is 3.85. The van der Waals surface area contributed by atoms with E-state index >= 15 is 0 Å². The first-order valence-corrected chi connectivity index (χ1v) is 4.09. The summed E-state index contributed by atoms with van der Waals surface area (Å²) in [6, 6.07) is 7.70. The zero-order valence-electron chi connectivity index (χ0n) is 7.09. The third kappa shape index (κ3) is 4.80. The Morgan fingerprint density at radius 2 is 1.92 bits per heavy atom. The highest BCUT2D eigenvalue weighted by atomic mass is 35.5. The molecule has 1 aromatic carbocycles. The van der Waals surface area contributed by atoms with E-state index in [0.717, 1.165) is 11.6 Å². The van der Waals surface area contributed by atoms with Gasteiger partial charge in [0.15, 0.2) is 0 Å². The van der Waals surface area contributed by atoms with Gasteiger partial charge in [-0.25, -0.2) is 0 Å². The van der Waals surface area contributed by atoms with E-state index in [0.29, 0.717) is 6.54 Å². The molecule has 13 heavy (non-hydrogen) atoms. The van der Waals surface area contributed by atoms with Crippen LogP contribution in [-0.4, -0.2) is 6.54 Å². The number of hydrogen-bond donors (Lipinski definition) is 1. The van der Waals surface area contributed by atoms with E-state index in [9.17, 15) is 0 Å². The Labute approximate surface area is 89.9 Å². The third-order valence-electron chi connectivity index (χ3n) is 1.47. The highest BCUT2D eigenvalue weighted by molar-refractivity contribution is 6.30. The lowest BCUT2D eigenvalue weighted by Crippen LogP contribution is -2.12. The number of hydrogen-bond acceptors (Lipinski definition) is 1. The quantitative estimate of drug-likeness (QED) is 0.604. The largest absolute Gasteiger partial charge is 0.302 e. The maximum Gasteiger partial charge on any atom is 0.0576 e. The first kappa shape index (κ1) is 12.3. The fourth-order valence-corrected chi connectivity index (χ4v) is 1.01. The molecule has 0 aliphatic carbocycles. The summed E-state index contributed by atoms with van der Waals surface area (Å²) in [4.78, 5) is 0. The molecule has 0 aliphatic heterocycles. The molecule has 0 radical (unpaired) electrons. The average Bonchev–Trinajstić information content (AvgIpc) is 2.09. The van der Waals surface area contributed by atoms with Gasteiger partial charge in [-0.1, -0.05) is 29.7 Å². The maximum atomic E-state index is 5.72. The van der Waals surface area contributed by atoms with Crippen LogP contribution >= 0.6 is 24.0 Å². The Morgan fingerprint density at radius 1 is 1.31 bits per heavy atom. The number of benzene rings is 1. The molecule has 0 heterocycles. The predicted molar refractivity (Wildman–Crippen MR) is 59.2 cm³/mol. The molecule has 1 aromatic rings. The summed E-state index contributed by atoms with van der Waals surface area (Å²) in [5.74, 6) is 2.51. The second-order valence-corrected chi connectivity index (χ2v) is 2.87. The Bertz CT molecular complexity index is 274. The summed E-state index contributed by atoms with van der Waals surface area (Å²) < 4.78 is 0. The molecule has 0 spiro atoms. The molecule has 1 N–H and O–H groups in total. The van der Waals surface area contributed by atoms with Gasteiger partial charge in [-0.2, -0.15) is 0 Å². The van der Waals surface area contributed by atoms with Gasteiger partial charge in [0, 0.05) is 11.6 Å². The normalized spacial score (nSPS) is 8.62. The van der Waals surface area contributed by atoms with Crippen molar-refractivity contribution in [1.82, 2.24) is 5.32 Å². The summed E-state index contributed by atoms with van der Waals surface area (Å²) in [5.41, 5.74) is 1.19. The van der Waals surface area contributed by atoms with E-state index < -0.39 is 0 Å². The Hall–Kier alpha value is -0.680. The fraction of sp³-hybridized carbons (Fsp3) is 0.200. The molecular weight excluding hydrogens is 205 g/mol. The van der Waals surface area contributed by atoms with Crippen molar-refractivity contribution in [2.24, 2.45) is 0 Å². The second-order valence-electron chi connectivity index (χ2n) is 2.43. The number of rotatable bonds is 3. The van der Waals surface area contributed by atoms with E-state index in [2.05, 4.69) is 11.2 Å². The SMILES string of the molecule is C#CCNCc1ccc(Cl)cc1.Cl. The van der Waals surface area contributed by atoms with E-state index in [1.165, 1.54) is 5.56 Å². The van der Waals surface area contributed by atoms with Crippen molar-refractivity contribution >= 4 is 24.0 Å². The van der Waals surface area contributed by atoms with Gasteiger partial charge in [-0.3, -0.25) is 0 Å². The second kappa shape index (κ2) is 6.80. The van der Waals surface area contributed by atoms with Crippen LogP contribution in [0, 0.1) is 12.3 Å². The minimum Gasteiger partial charge on any atom is -0.302 e. The van der Waals surface area contributed by atoms with Crippen molar-refractivity contribution < 1.29 is 0 Å². The highest BCUT2D eigenvalue weighted by Crippen LogP contribution is 2.08. The van der Waals surface area contributed by atoms with Crippen LogP contribution in [0.15, 0.2) is 24.3 Å². The average molecular weight is 216 g/mol. The van der Waals surface area contributed by atoms with Crippen LogP contribution < -0.4 is 5.32 Å². The molecule has 0 fully saturated rings. The molecule has 1 rings (SSSR count). The first-order valence-electron chi connectivity index (χ1n) is 3.71. The topological polar surface area (TPSA) is 12.0 Å². The van der Waals surface area contributed by atoms with Crippen molar-refractivity contribution in [3.05, 3.63) is 34.9 Å². The molecule has 0 bridgehead atoms. The van der Waals surface area contributed by atoms with Crippen LogP contribution in [0.4, 0.5) is 0 Å². The molecule has 0 atom stereocenters. The molecule has 3 heteroatoms. The van der Waals surface area contributed by atoms with Gasteiger partial charge >= 0.3 is 0 Å². The molecule has 1 nitrogen and oxygen atoms in total. The summed E-state index contributed by atoms with van der Waals surface area (Å²) in [6.07, 6.45) is 5.08. The Kier molecular flexibility index (Phi) is 6.44. The van der Waals surface area contributed by atoms with E-state index in [4.69, 9.17) is 18.0 Å². The van der Waals surface area contributed by atoms with E-state index in [1.54, 1.807) is 0 Å². The zero-order chi connectivity index (χ0) is 8.81. The van der Waals surface area contributed by atoms with Gasteiger partial charge in [0.1, 0.15) is 0 Å². The van der Waals surface area contributed by atoms with Gasteiger partial charge in [0.25, 0.3) is 0 Å². The lowest BCUT2D eigenvalue weighted by molar-refractivity contribution is 0.770. The van der Waals surface area contributed by atoms with E-state index in [-0.39, 0.29) is 12.4 Å². The smallest absolute Gasteiger partial charge is 0.0576 e. The number of halogens is 2. The highest BCUT2D eigenvalue weighted by Gasteiger charge is 1.90. The van der Waals surface area contributed by atoms with Crippen molar-refractivity contribution in [3.8, 4) is 12.3 Å². The first-order chi connectivity index (χ1) is 5.83. The van der Waals surface area contributed by atoms with Crippen LogP contribution in [0.5, 0.6) is 0 Å². The molecule has 0 saturated heterocycles. The van der Waals surface area contributed by atoms with E-state index in [1.807, 2.05) is 24.3 Å². The standard InChI is InChI=1S/C10H10ClN.ClH/c1-2-7-12-8-9-3-5-10(11)6-4-9;/h1,3-6,12H,7-8H2;1H. The van der Waals surface area contributed by atoms with Crippen LogP contribution in [0.2, 0.25) is 5.02 Å². The van der Waals surface area contributed by atoms with Gasteiger partial charge in [-0.15, -0.1) is 18.8 Å². The van der Waals surface area contributed by atoms with Crippen LogP contribution in [0.1, 0.15) is 5.56 Å². The van der Waals surface area contributed by atoms with Crippen molar-refractivity contribution in [1.29, 1.82) is 0 Å². The Morgan fingerprint density at radius 3 is 2.46 bits per heavy atom.